The van der Waals surface area contributed by atoms with E-state index in [0.29, 0.717) is 10.8 Å². The summed E-state index contributed by atoms with van der Waals surface area (Å²) >= 11 is 0. The van der Waals surface area contributed by atoms with Gasteiger partial charge in [0, 0.05) is 10.8 Å². The van der Waals surface area contributed by atoms with Crippen molar-refractivity contribution in [2.45, 2.75) is 49.9 Å². The lowest BCUT2D eigenvalue weighted by molar-refractivity contribution is 0.299. The van der Waals surface area contributed by atoms with Crippen LogP contribution in [-0.4, -0.2) is 0 Å². The molecule has 2 fully saturated rings. The molecule has 0 amide bonds. The average molecular weight is 274 g/mol. The Morgan fingerprint density at radius 2 is 1.24 bits per heavy atom. The molecule has 2 saturated carbocycles. The summed E-state index contributed by atoms with van der Waals surface area (Å²) in [5, 5.41) is 0. The van der Waals surface area contributed by atoms with Crippen molar-refractivity contribution in [2.24, 2.45) is 5.92 Å². The van der Waals surface area contributed by atoms with Crippen molar-refractivity contribution >= 4 is 0 Å². The molecule has 106 valence electrons. The Kier molecular flexibility index (Phi) is 2.17. The van der Waals surface area contributed by atoms with Gasteiger partial charge in [-0.2, -0.15) is 0 Å². The summed E-state index contributed by atoms with van der Waals surface area (Å²) in [6.07, 6.45) is 6.96. The third-order valence-corrected chi connectivity index (χ3v) is 6.69. The SMILES string of the molecule is CC1C[C@]23CCC[C@@]2(C1)c1ccccc1-c1ccccc13. The van der Waals surface area contributed by atoms with Gasteiger partial charge in [0.15, 0.2) is 0 Å². The highest BCUT2D eigenvalue weighted by molar-refractivity contribution is 5.78. The highest BCUT2D eigenvalue weighted by Gasteiger charge is 2.63. The van der Waals surface area contributed by atoms with Crippen LogP contribution in [0, 0.1) is 5.92 Å². The Morgan fingerprint density at radius 1 is 0.762 bits per heavy atom. The molecule has 21 heavy (non-hydrogen) atoms. The molecule has 1 unspecified atom stereocenters. The smallest absolute Gasteiger partial charge is 0.00588 e. The lowest BCUT2D eigenvalue weighted by Gasteiger charge is -2.47. The maximum Gasteiger partial charge on any atom is 0.00588 e. The molecule has 5 rings (SSSR count). The quantitative estimate of drug-likeness (QED) is 0.598. The van der Waals surface area contributed by atoms with Gasteiger partial charge in [-0.25, -0.2) is 0 Å². The summed E-state index contributed by atoms with van der Waals surface area (Å²) in [5.41, 5.74) is 7.20. The minimum Gasteiger partial charge on any atom is -0.0624 e. The van der Waals surface area contributed by atoms with Crippen LogP contribution in [0.5, 0.6) is 0 Å². The molecule has 3 aliphatic rings. The van der Waals surface area contributed by atoms with Crippen LogP contribution in [0.4, 0.5) is 0 Å². The Labute approximate surface area is 127 Å². The van der Waals surface area contributed by atoms with Crippen molar-refractivity contribution in [3.63, 3.8) is 0 Å². The molecule has 3 aliphatic carbocycles. The third kappa shape index (κ3) is 1.24. The fraction of sp³-hybridized carbons (Fsp3) is 0.429. The predicted octanol–water partition coefficient (Wildman–Crippen LogP) is 5.46. The monoisotopic (exact) mass is 274 g/mol. The van der Waals surface area contributed by atoms with E-state index in [1.165, 1.54) is 43.2 Å². The molecule has 2 aromatic rings. The second kappa shape index (κ2) is 3.80. The Bertz CT molecular complexity index is 667. The van der Waals surface area contributed by atoms with Gasteiger partial charge in [0.2, 0.25) is 0 Å². The molecule has 0 spiro atoms. The molecule has 0 N–H and O–H groups in total. The lowest BCUT2D eigenvalue weighted by Crippen LogP contribution is -2.43. The zero-order valence-corrected chi connectivity index (χ0v) is 12.7. The Balaban J connectivity index is 1.93. The number of hydrogen-bond donors (Lipinski definition) is 0. The largest absolute Gasteiger partial charge is 0.0624 e. The van der Waals surface area contributed by atoms with Crippen LogP contribution in [-0.2, 0) is 10.8 Å². The van der Waals surface area contributed by atoms with Gasteiger partial charge in [-0.15, -0.1) is 0 Å². The minimum absolute atomic E-state index is 0.428. The summed E-state index contributed by atoms with van der Waals surface area (Å²) in [6.45, 7) is 2.47. The van der Waals surface area contributed by atoms with E-state index in [1.807, 2.05) is 0 Å². The maximum atomic E-state index is 2.47. The molecule has 0 nitrogen and oxygen atoms in total. The number of fused-ring (bicyclic) bond motifs is 3. The van der Waals surface area contributed by atoms with Crippen LogP contribution in [0.1, 0.15) is 50.2 Å². The van der Waals surface area contributed by atoms with Crippen molar-refractivity contribution in [3.8, 4) is 11.1 Å². The van der Waals surface area contributed by atoms with Gasteiger partial charge in [-0.05, 0) is 53.9 Å². The molecule has 0 saturated heterocycles. The number of rotatable bonds is 0. The predicted molar refractivity (Wildman–Crippen MR) is 87.5 cm³/mol. The molecule has 0 bridgehead atoms. The highest BCUT2D eigenvalue weighted by atomic mass is 14.7. The zero-order valence-electron chi connectivity index (χ0n) is 12.7. The molecule has 2 aromatic carbocycles. The summed E-state index contributed by atoms with van der Waals surface area (Å²) in [7, 11) is 0. The molecule has 3 atom stereocenters. The van der Waals surface area contributed by atoms with E-state index in [-0.39, 0.29) is 0 Å². The van der Waals surface area contributed by atoms with Crippen molar-refractivity contribution in [3.05, 3.63) is 59.7 Å². The first kappa shape index (κ1) is 12.0. The van der Waals surface area contributed by atoms with Crippen molar-refractivity contribution in [1.82, 2.24) is 0 Å². The summed E-state index contributed by atoms with van der Waals surface area (Å²) < 4.78 is 0. The van der Waals surface area contributed by atoms with E-state index < -0.39 is 0 Å². The van der Waals surface area contributed by atoms with Crippen LogP contribution in [0.25, 0.3) is 11.1 Å². The van der Waals surface area contributed by atoms with E-state index in [0.717, 1.165) is 5.92 Å². The fourth-order valence-electron chi connectivity index (χ4n) is 6.30. The minimum atomic E-state index is 0.428. The first-order chi connectivity index (χ1) is 10.3. The van der Waals surface area contributed by atoms with Crippen LogP contribution in [0.2, 0.25) is 0 Å². The third-order valence-electron chi connectivity index (χ3n) is 6.69. The second-order valence-corrected chi connectivity index (χ2v) is 7.62. The van der Waals surface area contributed by atoms with E-state index in [9.17, 15) is 0 Å². The van der Waals surface area contributed by atoms with E-state index >= 15 is 0 Å². The van der Waals surface area contributed by atoms with Gasteiger partial charge in [0.25, 0.3) is 0 Å². The molecule has 0 radical (unpaired) electrons. The van der Waals surface area contributed by atoms with Gasteiger partial charge in [-0.3, -0.25) is 0 Å². The van der Waals surface area contributed by atoms with Gasteiger partial charge in [0.1, 0.15) is 0 Å². The summed E-state index contributed by atoms with van der Waals surface area (Å²) in [5.74, 6) is 0.851. The van der Waals surface area contributed by atoms with Gasteiger partial charge in [-0.1, -0.05) is 61.9 Å². The first-order valence-electron chi connectivity index (χ1n) is 8.46. The van der Waals surface area contributed by atoms with Crippen molar-refractivity contribution < 1.29 is 0 Å². The van der Waals surface area contributed by atoms with E-state index in [1.54, 1.807) is 11.1 Å². The van der Waals surface area contributed by atoms with Crippen molar-refractivity contribution in [1.29, 1.82) is 0 Å². The topological polar surface area (TPSA) is 0 Å². The first-order valence-corrected chi connectivity index (χ1v) is 8.46. The summed E-state index contributed by atoms with van der Waals surface area (Å²) in [6, 6.07) is 18.5. The Morgan fingerprint density at radius 3 is 1.76 bits per heavy atom. The summed E-state index contributed by atoms with van der Waals surface area (Å²) in [4.78, 5) is 0. The average Bonchev–Trinajstić information content (AvgIpc) is 3.01. The fourth-order valence-corrected chi connectivity index (χ4v) is 6.30. The van der Waals surface area contributed by atoms with Gasteiger partial charge >= 0.3 is 0 Å². The van der Waals surface area contributed by atoms with Crippen LogP contribution in [0.15, 0.2) is 48.5 Å². The standard InChI is InChI=1S/C21H22/c1-15-13-20-11-6-12-21(20,14-15)19-10-5-3-8-17(19)16-7-2-4-9-18(16)20/h2-5,7-10,15H,6,11-14H2,1H3/t15?,20-,21+. The maximum absolute atomic E-state index is 2.47. The van der Waals surface area contributed by atoms with Gasteiger partial charge < -0.3 is 0 Å². The second-order valence-electron chi connectivity index (χ2n) is 7.62. The number of hydrogen-bond acceptors (Lipinski definition) is 0. The van der Waals surface area contributed by atoms with Crippen LogP contribution >= 0.6 is 0 Å². The van der Waals surface area contributed by atoms with Crippen LogP contribution in [0.3, 0.4) is 0 Å². The van der Waals surface area contributed by atoms with Crippen LogP contribution < -0.4 is 0 Å². The van der Waals surface area contributed by atoms with E-state index in [4.69, 9.17) is 0 Å². The Hall–Kier alpha value is -1.56. The molecule has 0 aliphatic heterocycles. The molecular weight excluding hydrogens is 252 g/mol. The number of benzene rings is 2. The zero-order chi connectivity index (χ0) is 14.1. The molecule has 0 heterocycles. The molecule has 0 aromatic heterocycles. The molecular formula is C21H22. The van der Waals surface area contributed by atoms with Crippen molar-refractivity contribution in [2.75, 3.05) is 0 Å². The molecule has 0 heteroatoms. The van der Waals surface area contributed by atoms with E-state index in [2.05, 4.69) is 55.5 Å². The normalized spacial score (nSPS) is 35.8. The lowest BCUT2D eigenvalue weighted by atomic mass is 9.55. The van der Waals surface area contributed by atoms with Gasteiger partial charge in [0.05, 0.1) is 0 Å². The highest BCUT2D eigenvalue weighted by Crippen LogP contribution is 2.70.